The first kappa shape index (κ1) is 9.71. The maximum absolute atomic E-state index is 4.31. The van der Waals surface area contributed by atoms with Crippen molar-refractivity contribution >= 4 is 6.21 Å². The molecule has 0 fully saturated rings. The minimum atomic E-state index is 0.943. The lowest BCUT2D eigenvalue weighted by Crippen LogP contribution is -2.15. The zero-order chi connectivity index (χ0) is 9.52. The van der Waals surface area contributed by atoms with Gasteiger partial charge in [0, 0.05) is 25.5 Å². The second-order valence-corrected chi connectivity index (χ2v) is 2.66. The highest BCUT2D eigenvalue weighted by molar-refractivity contribution is 5.78. The molecule has 0 saturated heterocycles. The van der Waals surface area contributed by atoms with Gasteiger partial charge in [0.05, 0.1) is 6.21 Å². The molecule has 13 heavy (non-hydrogen) atoms. The summed E-state index contributed by atoms with van der Waals surface area (Å²) in [6, 6.07) is 3.88. The molecule has 3 heteroatoms. The SMILES string of the molecule is CCN(CC)/N=C\c1ccncc1. The van der Waals surface area contributed by atoms with E-state index in [1.807, 2.05) is 23.4 Å². The third kappa shape index (κ3) is 3.23. The van der Waals surface area contributed by atoms with Gasteiger partial charge in [0.2, 0.25) is 0 Å². The van der Waals surface area contributed by atoms with Gasteiger partial charge in [-0.15, -0.1) is 0 Å². The van der Waals surface area contributed by atoms with E-state index in [9.17, 15) is 0 Å². The standard InChI is InChI=1S/C10H15N3/c1-3-13(4-2)12-9-10-5-7-11-8-6-10/h5-9H,3-4H2,1-2H3/b12-9-. The number of hydrogen-bond donors (Lipinski definition) is 0. The van der Waals surface area contributed by atoms with E-state index in [0.29, 0.717) is 0 Å². The molecule has 3 nitrogen and oxygen atoms in total. The van der Waals surface area contributed by atoms with Crippen LogP contribution in [0.1, 0.15) is 19.4 Å². The Morgan fingerprint density at radius 1 is 1.31 bits per heavy atom. The van der Waals surface area contributed by atoms with Gasteiger partial charge in [-0.25, -0.2) is 0 Å². The molecule has 0 radical (unpaired) electrons. The van der Waals surface area contributed by atoms with Crippen molar-refractivity contribution in [1.82, 2.24) is 9.99 Å². The Bertz CT molecular complexity index is 252. The molecule has 1 rings (SSSR count). The van der Waals surface area contributed by atoms with E-state index in [4.69, 9.17) is 0 Å². The highest BCUT2D eigenvalue weighted by atomic mass is 15.4. The minimum absolute atomic E-state index is 0.943. The first-order valence-corrected chi connectivity index (χ1v) is 4.55. The smallest absolute Gasteiger partial charge is 0.0544 e. The second-order valence-electron chi connectivity index (χ2n) is 2.66. The molecule has 0 aliphatic carbocycles. The fourth-order valence-electron chi connectivity index (χ4n) is 0.985. The number of hydrogen-bond acceptors (Lipinski definition) is 3. The van der Waals surface area contributed by atoms with Crippen molar-refractivity contribution in [3.63, 3.8) is 0 Å². The summed E-state index contributed by atoms with van der Waals surface area (Å²) in [7, 11) is 0. The lowest BCUT2D eigenvalue weighted by atomic mass is 10.3. The molecule has 0 unspecified atom stereocenters. The molecule has 0 amide bonds. The van der Waals surface area contributed by atoms with Crippen LogP contribution in [0.2, 0.25) is 0 Å². The van der Waals surface area contributed by atoms with Gasteiger partial charge in [-0.1, -0.05) is 0 Å². The normalized spacial score (nSPS) is 10.6. The number of pyridine rings is 1. The van der Waals surface area contributed by atoms with Gasteiger partial charge in [-0.3, -0.25) is 9.99 Å². The fraction of sp³-hybridized carbons (Fsp3) is 0.400. The Kier molecular flexibility index (Phi) is 3.96. The average molecular weight is 177 g/mol. The van der Waals surface area contributed by atoms with Crippen LogP contribution >= 0.6 is 0 Å². The van der Waals surface area contributed by atoms with E-state index in [2.05, 4.69) is 23.9 Å². The number of rotatable bonds is 4. The minimum Gasteiger partial charge on any atom is -0.298 e. The van der Waals surface area contributed by atoms with Gasteiger partial charge < -0.3 is 0 Å². The van der Waals surface area contributed by atoms with Crippen LogP contribution in [0.15, 0.2) is 29.6 Å². The number of nitrogens with zero attached hydrogens (tertiary/aromatic N) is 3. The zero-order valence-electron chi connectivity index (χ0n) is 8.14. The Labute approximate surface area is 79.1 Å². The Hall–Kier alpha value is -1.38. The van der Waals surface area contributed by atoms with Crippen molar-refractivity contribution in [2.75, 3.05) is 13.1 Å². The molecule has 0 aliphatic heterocycles. The van der Waals surface area contributed by atoms with E-state index < -0.39 is 0 Å². The summed E-state index contributed by atoms with van der Waals surface area (Å²) in [5, 5.41) is 6.31. The summed E-state index contributed by atoms with van der Waals surface area (Å²) in [4.78, 5) is 3.94. The van der Waals surface area contributed by atoms with Crippen LogP contribution in [0.5, 0.6) is 0 Å². The highest BCUT2D eigenvalue weighted by Gasteiger charge is 1.90. The summed E-state index contributed by atoms with van der Waals surface area (Å²) < 4.78 is 0. The molecule has 0 aromatic carbocycles. The number of hydrazone groups is 1. The third-order valence-corrected chi connectivity index (χ3v) is 1.81. The van der Waals surface area contributed by atoms with Crippen LogP contribution in [0.25, 0.3) is 0 Å². The van der Waals surface area contributed by atoms with Crippen molar-refractivity contribution in [2.24, 2.45) is 5.10 Å². The molecular formula is C10H15N3. The zero-order valence-corrected chi connectivity index (χ0v) is 8.14. The predicted molar refractivity (Wildman–Crippen MR) is 54.8 cm³/mol. The first-order chi connectivity index (χ1) is 6.36. The summed E-state index contributed by atoms with van der Waals surface area (Å²) in [5.74, 6) is 0. The van der Waals surface area contributed by atoms with Crippen molar-refractivity contribution in [3.8, 4) is 0 Å². The lowest BCUT2D eigenvalue weighted by Gasteiger charge is -2.12. The van der Waals surface area contributed by atoms with Crippen LogP contribution in [0, 0.1) is 0 Å². The molecule has 0 saturated carbocycles. The van der Waals surface area contributed by atoms with Crippen LogP contribution in [-0.4, -0.2) is 29.3 Å². The van der Waals surface area contributed by atoms with Crippen molar-refractivity contribution in [1.29, 1.82) is 0 Å². The summed E-state index contributed by atoms with van der Waals surface area (Å²) >= 11 is 0. The summed E-state index contributed by atoms with van der Waals surface area (Å²) in [6.07, 6.45) is 5.39. The molecule has 70 valence electrons. The third-order valence-electron chi connectivity index (χ3n) is 1.81. The maximum Gasteiger partial charge on any atom is 0.0544 e. The molecule has 0 aliphatic rings. The molecule has 1 aromatic heterocycles. The van der Waals surface area contributed by atoms with Crippen LogP contribution in [0.4, 0.5) is 0 Å². The van der Waals surface area contributed by atoms with E-state index in [1.165, 1.54) is 0 Å². The van der Waals surface area contributed by atoms with Gasteiger partial charge in [0.1, 0.15) is 0 Å². The first-order valence-electron chi connectivity index (χ1n) is 4.55. The van der Waals surface area contributed by atoms with Crippen LogP contribution < -0.4 is 0 Å². The highest BCUT2D eigenvalue weighted by Crippen LogP contribution is 1.93. The molecule has 1 heterocycles. The van der Waals surface area contributed by atoms with Crippen LogP contribution in [0.3, 0.4) is 0 Å². The predicted octanol–water partition coefficient (Wildman–Crippen LogP) is 1.76. The van der Waals surface area contributed by atoms with E-state index in [0.717, 1.165) is 18.7 Å². The summed E-state index contributed by atoms with van der Waals surface area (Å²) in [6.45, 7) is 6.07. The average Bonchev–Trinajstić information content (AvgIpc) is 2.21. The largest absolute Gasteiger partial charge is 0.298 e. The quantitative estimate of drug-likeness (QED) is 0.518. The maximum atomic E-state index is 4.31. The van der Waals surface area contributed by atoms with E-state index in [1.54, 1.807) is 12.4 Å². The monoisotopic (exact) mass is 177 g/mol. The Morgan fingerprint density at radius 3 is 2.46 bits per heavy atom. The molecule has 0 N–H and O–H groups in total. The van der Waals surface area contributed by atoms with Crippen molar-refractivity contribution in [3.05, 3.63) is 30.1 Å². The topological polar surface area (TPSA) is 28.5 Å². The molecule has 1 aromatic rings. The molecular weight excluding hydrogens is 162 g/mol. The fourth-order valence-corrected chi connectivity index (χ4v) is 0.985. The van der Waals surface area contributed by atoms with E-state index >= 15 is 0 Å². The van der Waals surface area contributed by atoms with Gasteiger partial charge in [0.25, 0.3) is 0 Å². The number of aromatic nitrogens is 1. The lowest BCUT2D eigenvalue weighted by molar-refractivity contribution is 0.323. The van der Waals surface area contributed by atoms with E-state index in [-0.39, 0.29) is 0 Å². The van der Waals surface area contributed by atoms with Gasteiger partial charge >= 0.3 is 0 Å². The Balaban J connectivity index is 2.57. The molecule has 0 atom stereocenters. The van der Waals surface area contributed by atoms with Crippen molar-refractivity contribution < 1.29 is 0 Å². The second kappa shape index (κ2) is 5.30. The van der Waals surface area contributed by atoms with Gasteiger partial charge in [0.15, 0.2) is 0 Å². The van der Waals surface area contributed by atoms with Crippen LogP contribution in [-0.2, 0) is 0 Å². The Morgan fingerprint density at radius 2 is 1.92 bits per heavy atom. The van der Waals surface area contributed by atoms with Gasteiger partial charge in [-0.05, 0) is 31.5 Å². The summed E-state index contributed by atoms with van der Waals surface area (Å²) in [5.41, 5.74) is 1.09. The molecule has 0 bridgehead atoms. The molecule has 0 spiro atoms. The van der Waals surface area contributed by atoms with Gasteiger partial charge in [-0.2, -0.15) is 5.10 Å². The van der Waals surface area contributed by atoms with Crippen molar-refractivity contribution in [2.45, 2.75) is 13.8 Å².